The van der Waals surface area contributed by atoms with Gasteiger partial charge in [-0.2, -0.15) is 4.57 Å². The number of amides is 4. The molecule has 6 aromatic rings. The number of hydrogen-bond donors (Lipinski definition) is 12. The first-order valence-corrected chi connectivity index (χ1v) is 26.5. The Balaban J connectivity index is 0.00000475. The van der Waals surface area contributed by atoms with Crippen molar-refractivity contribution in [2.75, 3.05) is 64.6 Å². The Hall–Kier alpha value is -10.6. The third-order valence-corrected chi connectivity index (χ3v) is 14.1. The lowest BCUT2D eigenvalue weighted by Crippen LogP contribution is -2.53. The van der Waals surface area contributed by atoms with E-state index < -0.39 is 148 Å². The number of phenolic OH excluding ortho intramolecular Hbond substituents is 6. The molecular weight excluding hydrogens is 1140 g/mol. The number of aromatic nitrogens is 2. The number of halogens is 1. The van der Waals surface area contributed by atoms with Crippen molar-refractivity contribution < 1.29 is 102 Å². The Bertz CT molecular complexity index is 3650. The minimum atomic E-state index is -2.02. The number of piperazine rings is 1. The third kappa shape index (κ3) is 13.9. The fourth-order valence-corrected chi connectivity index (χ4v) is 9.39. The highest BCUT2D eigenvalue weighted by Gasteiger charge is 2.37. The zero-order valence-electron chi connectivity index (χ0n) is 45.6. The van der Waals surface area contributed by atoms with Gasteiger partial charge in [-0.3, -0.25) is 28.9 Å². The lowest BCUT2D eigenvalue weighted by molar-refractivity contribution is -0.596. The Morgan fingerprint density at radius 3 is 1.72 bits per heavy atom. The molecule has 3 aliphatic rings. The van der Waals surface area contributed by atoms with E-state index in [1.165, 1.54) is 41.4 Å². The van der Waals surface area contributed by atoms with E-state index in [1.807, 2.05) is 9.80 Å². The van der Waals surface area contributed by atoms with Crippen LogP contribution in [0.25, 0.3) is 16.6 Å². The molecule has 4 heterocycles. The summed E-state index contributed by atoms with van der Waals surface area (Å²) >= 11 is 0. The number of phenols is 6. The second-order valence-corrected chi connectivity index (χ2v) is 19.8. The van der Waals surface area contributed by atoms with Crippen LogP contribution in [0.2, 0.25) is 0 Å². The molecule has 2 aromatic heterocycles. The summed E-state index contributed by atoms with van der Waals surface area (Å²) in [5.74, 6) is -15.2. The number of cyclic esters (lactones) is 3. The van der Waals surface area contributed by atoms with Gasteiger partial charge < -0.3 is 85.8 Å². The molecule has 1 saturated carbocycles. The molecule has 452 valence electrons. The van der Waals surface area contributed by atoms with Crippen molar-refractivity contribution in [2.45, 2.75) is 50.0 Å². The van der Waals surface area contributed by atoms with Crippen molar-refractivity contribution in [3.8, 4) is 40.2 Å². The zero-order chi connectivity index (χ0) is 62.1. The normalized spacial score (nSPS) is 17.5. The summed E-state index contributed by atoms with van der Waals surface area (Å²) in [6, 6.07) is 8.96. The predicted octanol–water partition coefficient (Wildman–Crippen LogP) is 0.460. The smallest absolute Gasteiger partial charge is 0.341 e. The zero-order valence-corrected chi connectivity index (χ0v) is 45.6. The maximum atomic E-state index is 15.6. The lowest BCUT2D eigenvalue weighted by atomic mass is 10.1. The largest absolute Gasteiger partial charge is 0.504 e. The molecule has 28 nitrogen and oxygen atoms in total. The molecule has 3 unspecified atom stereocenters. The minimum Gasteiger partial charge on any atom is -0.504 e. The van der Waals surface area contributed by atoms with Crippen LogP contribution < -0.4 is 36.2 Å². The number of benzene rings is 4. The lowest BCUT2D eigenvalue weighted by Gasteiger charge is -2.36. The second kappa shape index (κ2) is 26.8. The molecule has 29 heteroatoms. The van der Waals surface area contributed by atoms with E-state index in [4.69, 9.17) is 19.3 Å². The molecule has 12 N–H and O–H groups in total. The van der Waals surface area contributed by atoms with Crippen LogP contribution in [0.15, 0.2) is 96.2 Å². The van der Waals surface area contributed by atoms with Crippen LogP contribution in [-0.2, 0) is 39.9 Å². The first kappa shape index (κ1) is 61.5. The maximum absolute atomic E-state index is 15.6. The van der Waals surface area contributed by atoms with Crippen LogP contribution in [0, 0.1) is 5.82 Å². The summed E-state index contributed by atoms with van der Waals surface area (Å²) in [4.78, 5) is 124. The Morgan fingerprint density at radius 2 is 1.19 bits per heavy atom. The van der Waals surface area contributed by atoms with Crippen LogP contribution >= 0.6 is 0 Å². The van der Waals surface area contributed by atoms with Gasteiger partial charge in [0.05, 0.1) is 22.3 Å². The van der Waals surface area contributed by atoms with E-state index in [0.717, 1.165) is 56.3 Å². The number of aromatic hydroxyl groups is 6. The van der Waals surface area contributed by atoms with Gasteiger partial charge in [0.1, 0.15) is 31.2 Å². The maximum Gasteiger partial charge on any atom is 0.341 e. The van der Waals surface area contributed by atoms with Crippen LogP contribution in [0.5, 0.6) is 34.5 Å². The van der Waals surface area contributed by atoms with Crippen molar-refractivity contribution in [3.05, 3.63) is 135 Å². The van der Waals surface area contributed by atoms with Gasteiger partial charge in [0.15, 0.2) is 70.6 Å². The number of hydrogen-bond acceptors (Lipinski definition) is 21. The molecule has 1 aliphatic carbocycles. The number of aliphatic hydroxyl groups is 1. The Morgan fingerprint density at radius 1 is 0.651 bits per heavy atom. The van der Waals surface area contributed by atoms with Crippen LogP contribution in [-0.4, -0.2) is 176 Å². The van der Waals surface area contributed by atoms with Gasteiger partial charge in [0.25, 0.3) is 17.7 Å². The van der Waals surface area contributed by atoms with Gasteiger partial charge in [-0.25, -0.2) is 23.6 Å². The number of esters is 3. The van der Waals surface area contributed by atoms with Crippen molar-refractivity contribution in [2.24, 2.45) is 0 Å². The predicted molar refractivity (Wildman–Crippen MR) is 294 cm³/mol. The molecular formula is C57H58FN8O20+. The van der Waals surface area contributed by atoms with Crippen LogP contribution in [0.4, 0.5) is 10.1 Å². The van der Waals surface area contributed by atoms with Gasteiger partial charge >= 0.3 is 23.9 Å². The summed E-state index contributed by atoms with van der Waals surface area (Å²) in [5, 5.41) is 88.5. The van der Waals surface area contributed by atoms with Gasteiger partial charge in [0, 0.05) is 88.1 Å². The molecule has 0 bridgehead atoms. The van der Waals surface area contributed by atoms with Gasteiger partial charge in [-0.15, -0.1) is 0 Å². The number of carboxylic acids is 1. The average molecular weight is 1190 g/mol. The van der Waals surface area contributed by atoms with Gasteiger partial charge in [-0.05, 0) is 61.4 Å². The number of pyridine rings is 2. The number of carbonyl (C=O) groups is 8. The standard InChI is InChI=1S/C56H53FN8O19.CH4O/c57-34-20-32-39(65(29-9-10-29)24-33(46(32)70)53(77)78)21-40(34)63-18-16-62(17-19-63)15-13-44(69)58-22-28-4-3-14-64(23-28)38-11-12-43(68)49(73)45(38)52(76)61-37-27-84-55(80)35(59-50(74)30-5-1-7-41(66)47(30)71)25-82-54(79)36(26-83-56(37)81)60-51(75)31-6-2-8-42(67)48(31)72;1-2/h1-8,11-12,14,20-21,23-24,29,35-37H,9-10,13,15-19,22,25-27H2,(H10-,58,59,60,61,66,67,68,69,71,72,73,74,75,76,77,78);2H,1H3/p+1. The number of fused-ring (bicyclic) bond motifs is 1. The molecule has 86 heavy (non-hydrogen) atoms. The molecule has 2 saturated heterocycles. The number of aromatic carboxylic acids is 1. The minimum absolute atomic E-state index is 0.00746. The molecule has 3 atom stereocenters. The Kier molecular flexibility index (Phi) is 19.2. The van der Waals surface area contributed by atoms with Crippen molar-refractivity contribution in [1.29, 1.82) is 0 Å². The fraction of sp³-hybridized carbons (Fsp3) is 0.298. The summed E-state index contributed by atoms with van der Waals surface area (Å²) in [6.07, 6.45) is 5.95. The fourth-order valence-electron chi connectivity index (χ4n) is 9.39. The van der Waals surface area contributed by atoms with E-state index in [0.29, 0.717) is 43.8 Å². The monoisotopic (exact) mass is 1190 g/mol. The van der Waals surface area contributed by atoms with E-state index in [1.54, 1.807) is 22.8 Å². The number of rotatable bonds is 15. The van der Waals surface area contributed by atoms with Gasteiger partial charge in [0.2, 0.25) is 17.0 Å². The number of para-hydroxylation sites is 2. The molecule has 0 spiro atoms. The molecule has 9 rings (SSSR count). The summed E-state index contributed by atoms with van der Waals surface area (Å²) in [5.41, 5.74) is -1.78. The summed E-state index contributed by atoms with van der Waals surface area (Å²) in [6.45, 7) is -1.07. The average Bonchev–Trinajstić information content (AvgIpc) is 1.59. The van der Waals surface area contributed by atoms with Crippen molar-refractivity contribution >= 4 is 64.1 Å². The van der Waals surface area contributed by atoms with Crippen molar-refractivity contribution in [1.82, 2.24) is 30.7 Å². The summed E-state index contributed by atoms with van der Waals surface area (Å²) < 4.78 is 34.5. The molecule has 3 fully saturated rings. The highest BCUT2D eigenvalue weighted by molar-refractivity contribution is 6.03. The SMILES string of the molecule is CO.O=C(CCN1CCN(c2cc3c(cc2F)c(=O)c(C(=O)O)cn3C2CC2)CC1)NCc1ccc[n+](-c2ccc(O)c(O)c2C(=O)NC2COC(=O)C(NC(=O)c3cccc(O)c3O)COC(=O)C(NC(=O)c3cccc(O)c3O)COC2=O)c1. The molecule has 0 radical (unpaired) electrons. The number of carbonyl (C=O) groups excluding carboxylic acids is 7. The van der Waals surface area contributed by atoms with E-state index in [9.17, 15) is 78.9 Å². The first-order valence-electron chi connectivity index (χ1n) is 26.5. The van der Waals surface area contributed by atoms with E-state index in [-0.39, 0.29) is 41.7 Å². The first-order chi connectivity index (χ1) is 41.2. The molecule has 4 amide bonds. The number of aliphatic hydroxyl groups excluding tert-OH is 1. The number of anilines is 1. The van der Waals surface area contributed by atoms with E-state index in [2.05, 4.69) is 21.3 Å². The second-order valence-electron chi connectivity index (χ2n) is 19.8. The number of nitrogens with zero attached hydrogens (tertiary/aromatic N) is 4. The highest BCUT2D eigenvalue weighted by Crippen LogP contribution is 2.39. The number of carboxylic acid groups (broad SMARTS) is 1. The quantitative estimate of drug-likeness (QED) is 0.0288. The van der Waals surface area contributed by atoms with Crippen LogP contribution in [0.1, 0.15) is 72.3 Å². The highest BCUT2D eigenvalue weighted by atomic mass is 19.1. The van der Waals surface area contributed by atoms with Crippen molar-refractivity contribution in [3.63, 3.8) is 0 Å². The topological polar surface area (TPSA) is 407 Å². The Labute approximate surface area is 485 Å². The molecule has 4 aromatic carbocycles. The third-order valence-electron chi connectivity index (χ3n) is 14.1. The van der Waals surface area contributed by atoms with Gasteiger partial charge in [-0.1, -0.05) is 12.1 Å². The number of ether oxygens (including phenoxy) is 3. The number of nitrogens with one attached hydrogen (secondary N) is 4. The van der Waals surface area contributed by atoms with E-state index >= 15 is 4.39 Å². The molecule has 2 aliphatic heterocycles. The summed E-state index contributed by atoms with van der Waals surface area (Å²) in [7, 11) is 1.00. The van der Waals surface area contributed by atoms with Crippen LogP contribution in [0.3, 0.4) is 0 Å².